The number of aliphatic hydroxyl groups excluding tert-OH is 1. The van der Waals surface area contributed by atoms with Crippen molar-refractivity contribution >= 4 is 22.6 Å². The zero-order chi connectivity index (χ0) is 24.4. The van der Waals surface area contributed by atoms with Gasteiger partial charge in [0.05, 0.1) is 23.6 Å². The summed E-state index contributed by atoms with van der Waals surface area (Å²) in [7, 11) is 1.81. The Labute approximate surface area is 199 Å². The van der Waals surface area contributed by atoms with Crippen molar-refractivity contribution in [3.8, 4) is 0 Å². The molecule has 0 aliphatic heterocycles. The number of nitrogens with one attached hydrogen (secondary N) is 1. The number of nitrogens with zero attached hydrogens (tertiary/aromatic N) is 2. The minimum atomic E-state index is -0.390. The van der Waals surface area contributed by atoms with Crippen LogP contribution in [0.4, 0.5) is 0 Å². The zero-order valence-corrected chi connectivity index (χ0v) is 20.1. The van der Waals surface area contributed by atoms with Crippen molar-refractivity contribution in [2.75, 3.05) is 0 Å². The number of pyridine rings is 1. The summed E-state index contributed by atoms with van der Waals surface area (Å²) >= 11 is 0. The molecule has 1 aliphatic carbocycles. The highest BCUT2D eigenvalue weighted by atomic mass is 16.3. The van der Waals surface area contributed by atoms with Crippen LogP contribution in [-0.2, 0) is 26.4 Å². The Morgan fingerprint density at radius 3 is 2.50 bits per heavy atom. The fourth-order valence-electron chi connectivity index (χ4n) is 5.18. The van der Waals surface area contributed by atoms with E-state index in [0.29, 0.717) is 47.0 Å². The number of carbonyl (C=O) groups excluding carboxylic acids is 2. The first kappa shape index (κ1) is 24.0. The topological polar surface area (TPSA) is 93.3 Å². The third-order valence-electron chi connectivity index (χ3n) is 6.96. The molecule has 0 radical (unpaired) electrons. The summed E-state index contributed by atoms with van der Waals surface area (Å²) in [6.07, 6.45) is 3.73. The highest BCUT2D eigenvalue weighted by Crippen LogP contribution is 2.26. The van der Waals surface area contributed by atoms with Gasteiger partial charge >= 0.3 is 0 Å². The molecular weight excluding hydrogens is 430 g/mol. The number of aliphatic hydroxyl groups is 1. The third kappa shape index (κ3) is 4.44. The molecule has 180 valence electrons. The lowest BCUT2D eigenvalue weighted by molar-refractivity contribution is 0.0841. The molecule has 0 bridgehead atoms. The lowest BCUT2D eigenvalue weighted by Gasteiger charge is -2.26. The second kappa shape index (κ2) is 9.97. The molecule has 1 saturated carbocycles. The standard InChI is InChI=1S/C27H33N3O4/c1-4-19-15-22-24(27(34)30(19)16-23(32)17-10-7-6-8-11-17)21(5-2)25(29(22)3)26(33)28-18-12-9-13-20(31)14-18/h6-8,10-11,15,18,20,31H,4-5,9,12-14,16H2,1-3H3,(H,28,33). The van der Waals surface area contributed by atoms with Crippen molar-refractivity contribution in [1.82, 2.24) is 14.5 Å². The Bertz CT molecular complexity index is 1270. The van der Waals surface area contributed by atoms with E-state index in [9.17, 15) is 19.5 Å². The van der Waals surface area contributed by atoms with Crippen LogP contribution >= 0.6 is 0 Å². The van der Waals surface area contributed by atoms with Gasteiger partial charge in [-0.25, -0.2) is 0 Å². The predicted octanol–water partition coefficient (Wildman–Crippen LogP) is 3.38. The first-order valence-electron chi connectivity index (χ1n) is 12.2. The van der Waals surface area contributed by atoms with Gasteiger partial charge in [-0.05, 0) is 50.2 Å². The van der Waals surface area contributed by atoms with E-state index in [-0.39, 0.29) is 29.8 Å². The summed E-state index contributed by atoms with van der Waals surface area (Å²) in [6, 6.07) is 10.8. The van der Waals surface area contributed by atoms with Crippen LogP contribution in [-0.4, -0.2) is 38.1 Å². The van der Waals surface area contributed by atoms with Gasteiger partial charge in [0.25, 0.3) is 11.5 Å². The Morgan fingerprint density at radius 2 is 1.85 bits per heavy atom. The average molecular weight is 464 g/mol. The zero-order valence-electron chi connectivity index (χ0n) is 20.1. The van der Waals surface area contributed by atoms with Gasteiger partial charge in [-0.15, -0.1) is 0 Å². The van der Waals surface area contributed by atoms with E-state index in [1.54, 1.807) is 21.3 Å². The molecule has 7 nitrogen and oxygen atoms in total. The lowest BCUT2D eigenvalue weighted by atomic mass is 9.93. The number of aryl methyl sites for hydroxylation is 3. The van der Waals surface area contributed by atoms with Gasteiger partial charge in [0.2, 0.25) is 0 Å². The maximum Gasteiger partial charge on any atom is 0.268 e. The number of hydrogen-bond donors (Lipinski definition) is 2. The fourth-order valence-corrected chi connectivity index (χ4v) is 5.18. The molecule has 1 aliphatic rings. The van der Waals surface area contributed by atoms with Crippen LogP contribution in [0.1, 0.15) is 71.6 Å². The summed E-state index contributed by atoms with van der Waals surface area (Å²) in [5.74, 6) is -0.349. The van der Waals surface area contributed by atoms with Gasteiger partial charge in [-0.3, -0.25) is 14.4 Å². The number of fused-ring (bicyclic) bond motifs is 1. The molecule has 1 fully saturated rings. The summed E-state index contributed by atoms with van der Waals surface area (Å²) in [5, 5.41) is 13.6. The van der Waals surface area contributed by atoms with Crippen LogP contribution in [0.15, 0.2) is 41.2 Å². The van der Waals surface area contributed by atoms with Gasteiger partial charge in [0.15, 0.2) is 5.78 Å². The number of ketones is 1. The molecule has 2 aromatic heterocycles. The van der Waals surface area contributed by atoms with E-state index in [1.807, 2.05) is 45.2 Å². The van der Waals surface area contributed by atoms with Crippen molar-refractivity contribution in [2.24, 2.45) is 7.05 Å². The van der Waals surface area contributed by atoms with Crippen LogP contribution in [0.3, 0.4) is 0 Å². The molecule has 1 aromatic carbocycles. The van der Waals surface area contributed by atoms with E-state index in [2.05, 4.69) is 5.32 Å². The van der Waals surface area contributed by atoms with Gasteiger partial charge in [-0.2, -0.15) is 0 Å². The molecule has 0 saturated heterocycles. The van der Waals surface area contributed by atoms with Crippen molar-refractivity contribution in [3.63, 3.8) is 0 Å². The molecular formula is C27H33N3O4. The molecule has 2 heterocycles. The minimum Gasteiger partial charge on any atom is -0.393 e. The van der Waals surface area contributed by atoms with Crippen LogP contribution in [0.25, 0.3) is 10.9 Å². The van der Waals surface area contributed by atoms with E-state index in [1.165, 1.54) is 0 Å². The van der Waals surface area contributed by atoms with E-state index < -0.39 is 6.10 Å². The van der Waals surface area contributed by atoms with E-state index in [0.717, 1.165) is 25.0 Å². The summed E-state index contributed by atoms with van der Waals surface area (Å²) in [4.78, 5) is 39.9. The first-order chi connectivity index (χ1) is 16.3. The normalized spacial score (nSPS) is 18.2. The lowest BCUT2D eigenvalue weighted by Crippen LogP contribution is -2.40. The third-order valence-corrected chi connectivity index (χ3v) is 6.96. The molecule has 7 heteroatoms. The molecule has 2 atom stereocenters. The molecule has 0 spiro atoms. The van der Waals surface area contributed by atoms with Crippen LogP contribution in [0, 0.1) is 0 Å². The van der Waals surface area contributed by atoms with Crippen molar-refractivity contribution in [3.05, 3.63) is 69.3 Å². The predicted molar refractivity (Wildman–Crippen MR) is 132 cm³/mol. The molecule has 2 unspecified atom stereocenters. The van der Waals surface area contributed by atoms with Crippen molar-refractivity contribution in [1.29, 1.82) is 0 Å². The van der Waals surface area contributed by atoms with Gasteiger partial charge < -0.3 is 19.6 Å². The fraction of sp³-hybridized carbons (Fsp3) is 0.444. The Morgan fingerprint density at radius 1 is 1.12 bits per heavy atom. The van der Waals surface area contributed by atoms with Gasteiger partial charge in [0.1, 0.15) is 5.69 Å². The average Bonchev–Trinajstić information content (AvgIpc) is 3.12. The quantitative estimate of drug-likeness (QED) is 0.526. The molecule has 2 N–H and O–H groups in total. The van der Waals surface area contributed by atoms with Crippen molar-refractivity contribution in [2.45, 2.75) is 71.1 Å². The van der Waals surface area contributed by atoms with Gasteiger partial charge in [0, 0.05) is 24.3 Å². The highest BCUT2D eigenvalue weighted by Gasteiger charge is 2.27. The maximum absolute atomic E-state index is 13.7. The number of Topliss-reactive ketones (excluding diaryl/α,β-unsaturated/α-hetero) is 1. The summed E-state index contributed by atoms with van der Waals surface area (Å²) in [5.41, 5.74) is 2.96. The number of rotatable bonds is 7. The van der Waals surface area contributed by atoms with Crippen LogP contribution in [0.2, 0.25) is 0 Å². The molecule has 4 rings (SSSR count). The maximum atomic E-state index is 13.7. The van der Waals surface area contributed by atoms with Crippen molar-refractivity contribution < 1.29 is 14.7 Å². The number of benzene rings is 1. The highest BCUT2D eigenvalue weighted by molar-refractivity contribution is 6.02. The monoisotopic (exact) mass is 463 g/mol. The van der Waals surface area contributed by atoms with Crippen LogP contribution in [0.5, 0.6) is 0 Å². The Balaban J connectivity index is 1.77. The van der Waals surface area contributed by atoms with E-state index >= 15 is 0 Å². The summed E-state index contributed by atoms with van der Waals surface area (Å²) < 4.78 is 3.35. The minimum absolute atomic E-state index is 0.0402. The molecule has 3 aromatic rings. The number of hydrogen-bond acceptors (Lipinski definition) is 4. The number of amides is 1. The summed E-state index contributed by atoms with van der Waals surface area (Å²) in [6.45, 7) is 3.85. The smallest absolute Gasteiger partial charge is 0.268 e. The van der Waals surface area contributed by atoms with Gasteiger partial charge in [-0.1, -0.05) is 44.2 Å². The number of aromatic nitrogens is 2. The van der Waals surface area contributed by atoms with E-state index in [4.69, 9.17) is 0 Å². The number of carbonyl (C=O) groups is 2. The first-order valence-corrected chi connectivity index (χ1v) is 12.2. The SMILES string of the molecule is CCc1c(C(=O)NC2CCCC(O)C2)n(C)c2cc(CC)n(CC(=O)c3ccccc3)c(=O)c12. The Hall–Kier alpha value is -3.19. The van der Waals surface area contributed by atoms with Crippen LogP contribution < -0.4 is 10.9 Å². The Kier molecular flexibility index (Phi) is 7.03. The second-order valence-corrected chi connectivity index (χ2v) is 9.16. The largest absolute Gasteiger partial charge is 0.393 e. The second-order valence-electron chi connectivity index (χ2n) is 9.16. The molecule has 1 amide bonds. The molecule has 34 heavy (non-hydrogen) atoms.